The fourth-order valence-electron chi connectivity index (χ4n) is 3.26. The van der Waals surface area contributed by atoms with Gasteiger partial charge in [-0.1, -0.05) is 36.4 Å². The standard InChI is InChI=1S/C21H20N4O3S2/c1-13-16(30-18(22-13)15-9-6-12-29-15)17(26)24-25-19(27)21(2,23-20(25)28)11-10-14-7-4-3-5-8-14/h3-9,12H,10-11H2,1-2H3,(H,23,28)(H,24,26). The van der Waals surface area contributed by atoms with Gasteiger partial charge in [-0.15, -0.1) is 22.7 Å². The van der Waals surface area contributed by atoms with Gasteiger partial charge in [0.1, 0.15) is 15.4 Å². The SMILES string of the molecule is Cc1nc(-c2cccs2)sc1C(=O)NN1C(=O)NC(C)(CCc2ccccc2)C1=O. The molecule has 1 atom stereocenters. The summed E-state index contributed by atoms with van der Waals surface area (Å²) in [5, 5.41) is 6.16. The zero-order valence-corrected chi connectivity index (χ0v) is 18.1. The third-order valence-corrected chi connectivity index (χ3v) is 7.16. The van der Waals surface area contributed by atoms with E-state index in [4.69, 9.17) is 0 Å². The maximum absolute atomic E-state index is 12.9. The van der Waals surface area contributed by atoms with Crippen LogP contribution in [-0.2, 0) is 11.2 Å². The molecule has 3 heterocycles. The number of carbonyl (C=O) groups is 3. The van der Waals surface area contributed by atoms with Gasteiger partial charge in [0.05, 0.1) is 10.6 Å². The number of imide groups is 1. The molecule has 154 valence electrons. The Labute approximate surface area is 181 Å². The van der Waals surface area contributed by atoms with Crippen molar-refractivity contribution in [1.29, 1.82) is 0 Å². The first-order chi connectivity index (χ1) is 14.4. The number of aryl methyl sites for hydroxylation is 2. The molecule has 1 aliphatic rings. The number of carbonyl (C=O) groups excluding carboxylic acids is 3. The van der Waals surface area contributed by atoms with Gasteiger partial charge in [-0.25, -0.2) is 9.78 Å². The largest absolute Gasteiger partial charge is 0.344 e. The monoisotopic (exact) mass is 440 g/mol. The third kappa shape index (κ3) is 3.86. The summed E-state index contributed by atoms with van der Waals surface area (Å²) in [6.45, 7) is 3.41. The molecule has 4 amide bonds. The van der Waals surface area contributed by atoms with Crippen molar-refractivity contribution in [3.8, 4) is 9.88 Å². The average molecular weight is 441 g/mol. The van der Waals surface area contributed by atoms with Gasteiger partial charge in [0.2, 0.25) is 0 Å². The number of hydrogen-bond acceptors (Lipinski definition) is 6. The second kappa shape index (κ2) is 8.00. The number of amides is 4. The van der Waals surface area contributed by atoms with E-state index in [2.05, 4.69) is 15.7 Å². The van der Waals surface area contributed by atoms with Crippen LogP contribution < -0.4 is 10.7 Å². The van der Waals surface area contributed by atoms with Crippen molar-refractivity contribution in [3.05, 3.63) is 64.0 Å². The van der Waals surface area contributed by atoms with E-state index in [0.29, 0.717) is 23.4 Å². The number of nitrogens with zero attached hydrogens (tertiary/aromatic N) is 2. The van der Waals surface area contributed by atoms with Crippen molar-refractivity contribution in [3.63, 3.8) is 0 Å². The minimum Gasteiger partial charge on any atom is -0.322 e. The molecule has 7 nitrogen and oxygen atoms in total. The van der Waals surface area contributed by atoms with Gasteiger partial charge in [-0.05, 0) is 43.7 Å². The summed E-state index contributed by atoms with van der Waals surface area (Å²) in [5.41, 5.74) is 3.00. The maximum atomic E-state index is 12.9. The maximum Gasteiger partial charge on any atom is 0.344 e. The summed E-state index contributed by atoms with van der Waals surface area (Å²) in [7, 11) is 0. The van der Waals surface area contributed by atoms with E-state index in [0.717, 1.165) is 20.5 Å². The fraction of sp³-hybridized carbons (Fsp3) is 0.238. The van der Waals surface area contributed by atoms with Crippen LogP contribution in [0.25, 0.3) is 9.88 Å². The second-order valence-corrected chi connectivity index (χ2v) is 9.19. The molecule has 2 aromatic heterocycles. The molecule has 1 fully saturated rings. The molecule has 30 heavy (non-hydrogen) atoms. The van der Waals surface area contributed by atoms with E-state index >= 15 is 0 Å². The van der Waals surface area contributed by atoms with E-state index in [1.54, 1.807) is 13.8 Å². The van der Waals surface area contributed by atoms with E-state index in [9.17, 15) is 14.4 Å². The van der Waals surface area contributed by atoms with Crippen molar-refractivity contribution >= 4 is 40.5 Å². The minimum absolute atomic E-state index is 0.372. The summed E-state index contributed by atoms with van der Waals surface area (Å²) < 4.78 is 0. The molecule has 9 heteroatoms. The number of urea groups is 1. The lowest BCUT2D eigenvalue weighted by molar-refractivity contribution is -0.132. The summed E-state index contributed by atoms with van der Waals surface area (Å²) in [6.07, 6.45) is 1.05. The first-order valence-corrected chi connectivity index (χ1v) is 11.1. The number of benzene rings is 1. The van der Waals surface area contributed by atoms with Crippen LogP contribution in [0, 0.1) is 6.92 Å². The quantitative estimate of drug-likeness (QED) is 0.571. The smallest absolute Gasteiger partial charge is 0.322 e. The Kier molecular flexibility index (Phi) is 5.40. The van der Waals surface area contributed by atoms with Gasteiger partial charge in [-0.2, -0.15) is 5.01 Å². The van der Waals surface area contributed by atoms with Crippen LogP contribution >= 0.6 is 22.7 Å². The predicted molar refractivity (Wildman–Crippen MR) is 116 cm³/mol. The number of rotatable bonds is 6. The molecule has 0 bridgehead atoms. The van der Waals surface area contributed by atoms with Gasteiger partial charge >= 0.3 is 6.03 Å². The molecule has 2 N–H and O–H groups in total. The minimum atomic E-state index is -1.08. The second-order valence-electron chi connectivity index (χ2n) is 7.24. The van der Waals surface area contributed by atoms with E-state index in [1.807, 2.05) is 47.8 Å². The van der Waals surface area contributed by atoms with E-state index < -0.39 is 23.4 Å². The van der Waals surface area contributed by atoms with Crippen LogP contribution in [0.3, 0.4) is 0 Å². The number of thiophene rings is 1. The number of nitrogens with one attached hydrogen (secondary N) is 2. The third-order valence-electron chi connectivity index (χ3n) is 4.97. The Balaban J connectivity index is 1.46. The first kappa shape index (κ1) is 20.2. The van der Waals surface area contributed by atoms with Crippen molar-refractivity contribution < 1.29 is 14.4 Å². The lowest BCUT2D eigenvalue weighted by atomic mass is 9.93. The number of aromatic nitrogens is 1. The number of hydrogen-bond donors (Lipinski definition) is 2. The Morgan fingerprint density at radius 2 is 1.97 bits per heavy atom. The van der Waals surface area contributed by atoms with Crippen LogP contribution in [0.5, 0.6) is 0 Å². The summed E-state index contributed by atoms with van der Waals surface area (Å²) in [6, 6.07) is 13.0. The van der Waals surface area contributed by atoms with E-state index in [1.165, 1.54) is 22.7 Å². The molecule has 1 unspecified atom stereocenters. The summed E-state index contributed by atoms with van der Waals surface area (Å²) >= 11 is 2.77. The molecule has 1 aromatic carbocycles. The zero-order chi connectivity index (χ0) is 21.3. The Bertz CT molecular complexity index is 1090. The van der Waals surface area contributed by atoms with Crippen LogP contribution in [0.4, 0.5) is 4.79 Å². The molecule has 0 radical (unpaired) electrons. The first-order valence-electron chi connectivity index (χ1n) is 9.40. The zero-order valence-electron chi connectivity index (χ0n) is 16.5. The Morgan fingerprint density at radius 1 is 1.20 bits per heavy atom. The molecule has 1 saturated heterocycles. The topological polar surface area (TPSA) is 91.4 Å². The normalized spacial score (nSPS) is 18.5. The highest BCUT2D eigenvalue weighted by molar-refractivity contribution is 7.22. The van der Waals surface area contributed by atoms with Crippen LogP contribution in [-0.4, -0.2) is 33.4 Å². The highest BCUT2D eigenvalue weighted by Gasteiger charge is 2.48. The van der Waals surface area contributed by atoms with Crippen molar-refractivity contribution in [2.75, 3.05) is 0 Å². The lowest BCUT2D eigenvalue weighted by Gasteiger charge is -2.21. The number of thiazole rings is 1. The van der Waals surface area contributed by atoms with Gasteiger partial charge in [0, 0.05) is 0 Å². The molecule has 0 aliphatic carbocycles. The molecule has 3 aromatic rings. The lowest BCUT2D eigenvalue weighted by Crippen LogP contribution is -2.48. The van der Waals surface area contributed by atoms with E-state index in [-0.39, 0.29) is 0 Å². The predicted octanol–water partition coefficient (Wildman–Crippen LogP) is 3.77. The molecule has 4 rings (SSSR count). The van der Waals surface area contributed by atoms with Crippen LogP contribution in [0.15, 0.2) is 47.8 Å². The summed E-state index contributed by atoms with van der Waals surface area (Å²) in [5.74, 6) is -0.999. The number of hydrazine groups is 1. The Hall–Kier alpha value is -3.04. The van der Waals surface area contributed by atoms with Crippen molar-refractivity contribution in [2.45, 2.75) is 32.2 Å². The average Bonchev–Trinajstić information content (AvgIpc) is 3.44. The highest BCUT2D eigenvalue weighted by atomic mass is 32.1. The van der Waals surface area contributed by atoms with Crippen LogP contribution in [0.1, 0.15) is 34.3 Å². The van der Waals surface area contributed by atoms with Crippen LogP contribution in [0.2, 0.25) is 0 Å². The van der Waals surface area contributed by atoms with Crippen molar-refractivity contribution in [1.82, 2.24) is 20.7 Å². The summed E-state index contributed by atoms with van der Waals surface area (Å²) in [4.78, 5) is 43.9. The van der Waals surface area contributed by atoms with Gasteiger partial charge in [0.25, 0.3) is 11.8 Å². The van der Waals surface area contributed by atoms with Gasteiger partial charge in [0.15, 0.2) is 0 Å². The van der Waals surface area contributed by atoms with Gasteiger partial charge in [-0.3, -0.25) is 15.0 Å². The highest BCUT2D eigenvalue weighted by Crippen LogP contribution is 2.31. The molecule has 0 saturated carbocycles. The molecular weight excluding hydrogens is 420 g/mol. The Morgan fingerprint density at radius 3 is 2.67 bits per heavy atom. The van der Waals surface area contributed by atoms with Crippen molar-refractivity contribution in [2.24, 2.45) is 0 Å². The molecule has 1 aliphatic heterocycles. The molecular formula is C21H20N4O3S2. The van der Waals surface area contributed by atoms with Gasteiger partial charge < -0.3 is 5.32 Å². The molecule has 0 spiro atoms. The fourth-order valence-corrected chi connectivity index (χ4v) is 5.01.